The summed E-state index contributed by atoms with van der Waals surface area (Å²) in [5, 5.41) is 20.7. The predicted octanol–water partition coefficient (Wildman–Crippen LogP) is 7.62. The van der Waals surface area contributed by atoms with Crippen LogP contribution in [0.5, 0.6) is 0 Å². The fourth-order valence-electron chi connectivity index (χ4n) is 9.71. The number of aliphatic hydroxyl groups is 2. The SMILES string of the molecule is CC(F)C(O)CCC[C@@H](C)[C@H]1CC[C@@]2(C)C3=C(CC[C@]12C)[C@@]1(C)CC[C@H](O)C(C)(C)[C@@H]1CC3. The molecule has 0 aliphatic heterocycles. The molecule has 9 atom stereocenters. The van der Waals surface area contributed by atoms with Gasteiger partial charge in [-0.25, -0.2) is 4.39 Å². The number of aliphatic hydroxyl groups excluding tert-OH is 2. The molecule has 0 aromatic carbocycles. The van der Waals surface area contributed by atoms with Crippen LogP contribution >= 0.6 is 0 Å². The molecule has 190 valence electrons. The summed E-state index contributed by atoms with van der Waals surface area (Å²) in [7, 11) is 0. The Morgan fingerprint density at radius 1 is 0.909 bits per heavy atom. The number of halogens is 1. The molecule has 4 rings (SSSR count). The zero-order valence-electron chi connectivity index (χ0n) is 22.5. The first-order chi connectivity index (χ1) is 15.3. The number of hydrogen-bond donors (Lipinski definition) is 2. The Morgan fingerprint density at radius 2 is 1.61 bits per heavy atom. The molecule has 0 radical (unpaired) electrons. The van der Waals surface area contributed by atoms with E-state index in [2.05, 4.69) is 41.5 Å². The molecule has 33 heavy (non-hydrogen) atoms. The number of hydrogen-bond acceptors (Lipinski definition) is 2. The zero-order valence-corrected chi connectivity index (χ0v) is 22.5. The van der Waals surface area contributed by atoms with Crippen LogP contribution in [0.4, 0.5) is 4.39 Å². The summed E-state index contributed by atoms with van der Waals surface area (Å²) in [6, 6.07) is 0. The number of fused-ring (bicyclic) bond motifs is 4. The van der Waals surface area contributed by atoms with E-state index in [9.17, 15) is 14.6 Å². The Morgan fingerprint density at radius 3 is 2.27 bits per heavy atom. The Kier molecular flexibility index (Phi) is 6.70. The van der Waals surface area contributed by atoms with Gasteiger partial charge in [-0.1, -0.05) is 65.5 Å². The molecule has 2 fully saturated rings. The highest BCUT2D eigenvalue weighted by Gasteiger charge is 2.63. The van der Waals surface area contributed by atoms with Crippen molar-refractivity contribution in [1.29, 1.82) is 0 Å². The van der Waals surface area contributed by atoms with Crippen LogP contribution in [-0.4, -0.2) is 28.6 Å². The third-order valence-electron chi connectivity index (χ3n) is 12.2. The molecule has 0 aromatic heterocycles. The van der Waals surface area contributed by atoms with Crippen LogP contribution in [0.3, 0.4) is 0 Å². The van der Waals surface area contributed by atoms with E-state index in [4.69, 9.17) is 0 Å². The molecule has 0 aromatic rings. The minimum atomic E-state index is -1.13. The lowest BCUT2D eigenvalue weighted by Gasteiger charge is -2.62. The third-order valence-corrected chi connectivity index (χ3v) is 12.2. The zero-order chi connectivity index (χ0) is 24.4. The van der Waals surface area contributed by atoms with E-state index < -0.39 is 12.3 Å². The topological polar surface area (TPSA) is 40.5 Å². The summed E-state index contributed by atoms with van der Waals surface area (Å²) in [5.74, 6) is 1.92. The Labute approximate surface area is 202 Å². The summed E-state index contributed by atoms with van der Waals surface area (Å²) in [5.41, 5.74) is 4.47. The first-order valence-corrected chi connectivity index (χ1v) is 14.0. The predicted molar refractivity (Wildman–Crippen MR) is 135 cm³/mol. The average Bonchev–Trinajstić information content (AvgIpc) is 3.02. The van der Waals surface area contributed by atoms with Gasteiger partial charge in [0.25, 0.3) is 0 Å². The Bertz CT molecular complexity index is 771. The standard InChI is InChI=1S/C30H51FO2/c1-19(9-8-10-24(32)20(2)31)21-13-17-30(7)23-11-12-25-27(3,4)26(33)15-16-28(25,5)22(23)14-18-29(21,30)6/h19-21,24-26,32-33H,8-18H2,1-7H3/t19-,20?,21-,24?,25+,26+,28-,29-,30+/m1/s1. The maximum atomic E-state index is 13.4. The maximum Gasteiger partial charge on any atom is 0.123 e. The second kappa shape index (κ2) is 8.61. The van der Waals surface area contributed by atoms with Crippen LogP contribution in [0.1, 0.15) is 119 Å². The highest BCUT2D eigenvalue weighted by molar-refractivity contribution is 5.38. The lowest BCUT2D eigenvalue weighted by molar-refractivity contribution is -0.0962. The van der Waals surface area contributed by atoms with E-state index in [1.54, 1.807) is 11.1 Å². The minimum Gasteiger partial charge on any atom is -0.393 e. The Balaban J connectivity index is 1.56. The Hall–Kier alpha value is -0.410. The normalized spacial score (nSPS) is 45.1. The van der Waals surface area contributed by atoms with Gasteiger partial charge in [0.15, 0.2) is 0 Å². The van der Waals surface area contributed by atoms with Crippen LogP contribution in [0, 0.1) is 39.4 Å². The molecule has 0 bridgehead atoms. The molecule has 2 saturated carbocycles. The van der Waals surface area contributed by atoms with Crippen molar-refractivity contribution in [2.24, 2.45) is 39.4 Å². The maximum absolute atomic E-state index is 13.4. The largest absolute Gasteiger partial charge is 0.393 e. The van der Waals surface area contributed by atoms with Crippen molar-refractivity contribution in [2.75, 3.05) is 0 Å². The highest BCUT2D eigenvalue weighted by atomic mass is 19.1. The molecule has 3 heteroatoms. The molecule has 0 spiro atoms. The molecular weight excluding hydrogens is 411 g/mol. The van der Waals surface area contributed by atoms with E-state index in [1.807, 2.05) is 0 Å². The second-order valence-corrected chi connectivity index (χ2v) is 13.9. The quantitative estimate of drug-likeness (QED) is 0.399. The van der Waals surface area contributed by atoms with Gasteiger partial charge >= 0.3 is 0 Å². The van der Waals surface area contributed by atoms with Gasteiger partial charge in [0.1, 0.15) is 6.17 Å². The van der Waals surface area contributed by atoms with E-state index in [1.165, 1.54) is 45.4 Å². The smallest absolute Gasteiger partial charge is 0.123 e. The summed E-state index contributed by atoms with van der Waals surface area (Å²) < 4.78 is 13.4. The lowest BCUT2D eigenvalue weighted by Crippen LogP contribution is -2.55. The van der Waals surface area contributed by atoms with Gasteiger partial charge in [0.05, 0.1) is 12.2 Å². The highest BCUT2D eigenvalue weighted by Crippen LogP contribution is 2.72. The molecule has 4 aliphatic rings. The van der Waals surface area contributed by atoms with E-state index >= 15 is 0 Å². The molecule has 2 N–H and O–H groups in total. The van der Waals surface area contributed by atoms with Gasteiger partial charge in [-0.15, -0.1) is 0 Å². The second-order valence-electron chi connectivity index (χ2n) is 13.9. The van der Waals surface area contributed by atoms with Crippen molar-refractivity contribution < 1.29 is 14.6 Å². The van der Waals surface area contributed by atoms with Crippen molar-refractivity contribution >= 4 is 0 Å². The fourth-order valence-corrected chi connectivity index (χ4v) is 9.71. The van der Waals surface area contributed by atoms with Gasteiger partial charge in [0.2, 0.25) is 0 Å². The first kappa shape index (κ1) is 25.7. The summed E-state index contributed by atoms with van der Waals surface area (Å²) in [6.45, 7) is 16.2. The molecule has 0 heterocycles. The number of alkyl halides is 1. The van der Waals surface area contributed by atoms with Crippen LogP contribution in [0.2, 0.25) is 0 Å². The summed E-state index contributed by atoms with van der Waals surface area (Å²) in [6.07, 6.45) is 10.2. The van der Waals surface area contributed by atoms with Gasteiger partial charge < -0.3 is 10.2 Å². The number of allylic oxidation sites excluding steroid dienone is 2. The lowest BCUT2D eigenvalue weighted by atomic mass is 9.43. The van der Waals surface area contributed by atoms with Crippen LogP contribution in [-0.2, 0) is 0 Å². The van der Waals surface area contributed by atoms with Crippen LogP contribution < -0.4 is 0 Å². The minimum absolute atomic E-state index is 0.00157. The van der Waals surface area contributed by atoms with E-state index in [0.29, 0.717) is 35.0 Å². The third kappa shape index (κ3) is 3.78. The van der Waals surface area contributed by atoms with Crippen molar-refractivity contribution in [3.8, 4) is 0 Å². The molecule has 4 aliphatic carbocycles. The van der Waals surface area contributed by atoms with Gasteiger partial charge in [-0.2, -0.15) is 0 Å². The van der Waals surface area contributed by atoms with Crippen molar-refractivity contribution in [3.63, 3.8) is 0 Å². The van der Waals surface area contributed by atoms with Gasteiger partial charge in [0, 0.05) is 0 Å². The van der Waals surface area contributed by atoms with Crippen molar-refractivity contribution in [2.45, 2.75) is 137 Å². The van der Waals surface area contributed by atoms with Crippen molar-refractivity contribution in [1.82, 2.24) is 0 Å². The van der Waals surface area contributed by atoms with Crippen molar-refractivity contribution in [3.05, 3.63) is 11.1 Å². The monoisotopic (exact) mass is 462 g/mol. The molecule has 0 amide bonds. The fraction of sp³-hybridized carbons (Fsp3) is 0.933. The van der Waals surface area contributed by atoms with E-state index in [0.717, 1.165) is 25.7 Å². The summed E-state index contributed by atoms with van der Waals surface area (Å²) >= 11 is 0. The average molecular weight is 463 g/mol. The molecule has 0 saturated heterocycles. The van der Waals surface area contributed by atoms with E-state index in [-0.39, 0.29) is 16.9 Å². The number of rotatable bonds is 6. The van der Waals surface area contributed by atoms with Gasteiger partial charge in [-0.05, 0) is 104 Å². The molecule has 2 nitrogen and oxygen atoms in total. The van der Waals surface area contributed by atoms with Crippen LogP contribution in [0.15, 0.2) is 11.1 Å². The van der Waals surface area contributed by atoms with Gasteiger partial charge in [-0.3, -0.25) is 0 Å². The van der Waals surface area contributed by atoms with Crippen LogP contribution in [0.25, 0.3) is 0 Å². The summed E-state index contributed by atoms with van der Waals surface area (Å²) in [4.78, 5) is 0. The molecular formula is C30H51FO2. The molecule has 2 unspecified atom stereocenters. The first-order valence-electron chi connectivity index (χ1n) is 14.0.